The molecule has 1 fully saturated rings. The number of amides is 1. The van der Waals surface area contributed by atoms with Crippen LogP contribution < -0.4 is 4.90 Å². The lowest BCUT2D eigenvalue weighted by Gasteiger charge is -2.36. The third-order valence-electron chi connectivity index (χ3n) is 5.90. The number of hydrogen-bond acceptors (Lipinski definition) is 3. The second kappa shape index (κ2) is 9.06. The summed E-state index contributed by atoms with van der Waals surface area (Å²) in [6, 6.07) is 32.3. The summed E-state index contributed by atoms with van der Waals surface area (Å²) in [5.74, 6) is 1.05. The molecule has 32 heavy (non-hydrogen) atoms. The van der Waals surface area contributed by atoms with E-state index in [1.54, 1.807) is 0 Å². The summed E-state index contributed by atoms with van der Waals surface area (Å²) in [5, 5.41) is 1.14. The number of hydrogen-bond donors (Lipinski definition) is 0. The summed E-state index contributed by atoms with van der Waals surface area (Å²) >= 11 is 0. The minimum atomic E-state index is 0.0752. The first-order chi connectivity index (χ1) is 15.8. The van der Waals surface area contributed by atoms with Gasteiger partial charge >= 0.3 is 0 Å². The molecule has 1 saturated heterocycles. The molecule has 1 aromatic heterocycles. The van der Waals surface area contributed by atoms with Crippen LogP contribution in [0.2, 0.25) is 0 Å². The maximum Gasteiger partial charge on any atom is 0.254 e. The highest BCUT2D eigenvalue weighted by atomic mass is 16.2. The van der Waals surface area contributed by atoms with E-state index in [2.05, 4.69) is 23.1 Å². The number of pyridine rings is 1. The highest BCUT2D eigenvalue weighted by Crippen LogP contribution is 2.23. The number of para-hydroxylation sites is 1. The van der Waals surface area contributed by atoms with Crippen LogP contribution >= 0.6 is 0 Å². The van der Waals surface area contributed by atoms with Gasteiger partial charge in [0.1, 0.15) is 5.82 Å². The Morgan fingerprint density at radius 1 is 0.719 bits per heavy atom. The molecule has 1 amide bonds. The molecule has 0 saturated carbocycles. The van der Waals surface area contributed by atoms with Crippen molar-refractivity contribution in [2.24, 2.45) is 0 Å². The molecule has 3 aromatic carbocycles. The van der Waals surface area contributed by atoms with Gasteiger partial charge < -0.3 is 9.80 Å². The normalized spacial score (nSPS) is 14.6. The first kappa shape index (κ1) is 20.0. The van der Waals surface area contributed by atoms with Gasteiger partial charge in [0.2, 0.25) is 0 Å². The molecule has 4 nitrogen and oxygen atoms in total. The summed E-state index contributed by atoms with van der Waals surface area (Å²) in [7, 11) is 0. The number of piperazine rings is 1. The second-order valence-corrected chi connectivity index (χ2v) is 7.98. The fraction of sp³-hybridized carbons (Fsp3) is 0.143. The fourth-order valence-corrected chi connectivity index (χ4v) is 4.14. The molecule has 0 atom stereocenters. The maximum absolute atomic E-state index is 13.5. The Hall–Kier alpha value is -3.92. The van der Waals surface area contributed by atoms with Crippen molar-refractivity contribution in [2.45, 2.75) is 0 Å². The van der Waals surface area contributed by atoms with E-state index in [9.17, 15) is 4.79 Å². The van der Waals surface area contributed by atoms with Crippen molar-refractivity contribution in [1.82, 2.24) is 9.88 Å². The average molecular weight is 420 g/mol. The van der Waals surface area contributed by atoms with Gasteiger partial charge in [0.15, 0.2) is 0 Å². The topological polar surface area (TPSA) is 36.4 Å². The van der Waals surface area contributed by atoms with E-state index in [-0.39, 0.29) is 5.91 Å². The quantitative estimate of drug-likeness (QED) is 0.340. The van der Waals surface area contributed by atoms with Crippen LogP contribution in [0.1, 0.15) is 11.1 Å². The van der Waals surface area contributed by atoms with Crippen molar-refractivity contribution in [3.63, 3.8) is 0 Å². The van der Waals surface area contributed by atoms with Crippen molar-refractivity contribution in [1.29, 1.82) is 0 Å². The number of anilines is 1. The molecule has 4 aromatic rings. The predicted octanol–water partition coefficient (Wildman–Crippen LogP) is 5.12. The Morgan fingerprint density at radius 3 is 2.12 bits per heavy atom. The summed E-state index contributed by atoms with van der Waals surface area (Å²) in [6.07, 6.45) is 1.99. The van der Waals surface area contributed by atoms with Crippen LogP contribution in [-0.2, 0) is 4.79 Å². The van der Waals surface area contributed by atoms with E-state index in [0.717, 1.165) is 46.5 Å². The van der Waals surface area contributed by atoms with Gasteiger partial charge in [-0.1, -0.05) is 78.9 Å². The molecule has 1 aliphatic rings. The average Bonchev–Trinajstić information content (AvgIpc) is 2.88. The highest BCUT2D eigenvalue weighted by Gasteiger charge is 2.25. The summed E-state index contributed by atoms with van der Waals surface area (Å²) in [4.78, 5) is 22.6. The Balaban J connectivity index is 1.35. The van der Waals surface area contributed by atoms with E-state index in [1.807, 2.05) is 89.8 Å². The Morgan fingerprint density at radius 2 is 1.38 bits per heavy atom. The Bertz CT molecular complexity index is 1240. The molecule has 0 unspecified atom stereocenters. The first-order valence-electron chi connectivity index (χ1n) is 11.0. The number of carbonyl (C=O) groups is 1. The molecule has 0 bridgehead atoms. The van der Waals surface area contributed by atoms with Crippen molar-refractivity contribution in [3.05, 3.63) is 108 Å². The third-order valence-corrected chi connectivity index (χ3v) is 5.90. The standard InChI is InChI=1S/C28H25N3O/c32-28(25(23-11-5-2-6-12-23)21-22-9-3-1-4-10-22)31-19-17-30(18-20-31)27-16-15-24-13-7-8-14-26(24)29-27/h1-16,21H,17-20H2/b25-21-. The molecule has 4 heteroatoms. The molecule has 0 aliphatic carbocycles. The van der Waals surface area contributed by atoms with Crippen molar-refractivity contribution in [2.75, 3.05) is 31.1 Å². The van der Waals surface area contributed by atoms with E-state index < -0.39 is 0 Å². The smallest absolute Gasteiger partial charge is 0.254 e. The number of rotatable bonds is 4. The number of benzene rings is 3. The van der Waals surface area contributed by atoms with Crippen molar-refractivity contribution in [3.8, 4) is 0 Å². The van der Waals surface area contributed by atoms with Crippen LogP contribution in [0.15, 0.2) is 97.1 Å². The SMILES string of the molecule is O=C(/C(=C\c1ccccc1)c1ccccc1)N1CCN(c2ccc3ccccc3n2)CC1. The fourth-order valence-electron chi connectivity index (χ4n) is 4.14. The highest BCUT2D eigenvalue weighted by molar-refractivity contribution is 6.24. The molecule has 2 heterocycles. The number of fused-ring (bicyclic) bond motifs is 1. The first-order valence-corrected chi connectivity index (χ1v) is 11.0. The summed E-state index contributed by atoms with van der Waals surface area (Å²) in [6.45, 7) is 2.88. The molecule has 1 aliphatic heterocycles. The van der Waals surface area contributed by atoms with Crippen LogP contribution in [-0.4, -0.2) is 42.0 Å². The maximum atomic E-state index is 13.5. The zero-order chi connectivity index (χ0) is 21.8. The summed E-state index contributed by atoms with van der Waals surface area (Å²) < 4.78 is 0. The van der Waals surface area contributed by atoms with Gasteiger partial charge in [-0.05, 0) is 35.4 Å². The number of carbonyl (C=O) groups excluding carboxylic acids is 1. The van der Waals surface area contributed by atoms with E-state index >= 15 is 0 Å². The van der Waals surface area contributed by atoms with E-state index in [1.165, 1.54) is 0 Å². The molecule has 0 spiro atoms. The van der Waals surface area contributed by atoms with Crippen LogP contribution in [0.5, 0.6) is 0 Å². The van der Waals surface area contributed by atoms with Gasteiger partial charge in [-0.15, -0.1) is 0 Å². The second-order valence-electron chi connectivity index (χ2n) is 7.98. The van der Waals surface area contributed by atoms with E-state index in [4.69, 9.17) is 4.98 Å². The van der Waals surface area contributed by atoms with Gasteiger partial charge in [-0.2, -0.15) is 0 Å². The lowest BCUT2D eigenvalue weighted by Crippen LogP contribution is -2.49. The van der Waals surface area contributed by atoms with Crippen LogP contribution in [0.25, 0.3) is 22.6 Å². The van der Waals surface area contributed by atoms with Crippen LogP contribution in [0.3, 0.4) is 0 Å². The number of aromatic nitrogens is 1. The third kappa shape index (κ3) is 4.26. The van der Waals surface area contributed by atoms with Gasteiger partial charge in [0, 0.05) is 37.1 Å². The minimum Gasteiger partial charge on any atom is -0.353 e. The molecule has 0 N–H and O–H groups in total. The molecule has 158 valence electrons. The van der Waals surface area contributed by atoms with Crippen LogP contribution in [0, 0.1) is 0 Å². The zero-order valence-electron chi connectivity index (χ0n) is 17.9. The molecule has 0 radical (unpaired) electrons. The van der Waals surface area contributed by atoms with Gasteiger partial charge in [0.05, 0.1) is 5.52 Å². The number of nitrogens with zero attached hydrogens (tertiary/aromatic N) is 3. The van der Waals surface area contributed by atoms with Crippen LogP contribution in [0.4, 0.5) is 5.82 Å². The minimum absolute atomic E-state index is 0.0752. The Kier molecular flexibility index (Phi) is 5.67. The Labute approximate surface area is 188 Å². The molecular formula is C28H25N3O. The zero-order valence-corrected chi connectivity index (χ0v) is 17.9. The molecule has 5 rings (SSSR count). The van der Waals surface area contributed by atoms with Gasteiger partial charge in [-0.25, -0.2) is 4.98 Å². The van der Waals surface area contributed by atoms with Crippen molar-refractivity contribution < 1.29 is 4.79 Å². The largest absolute Gasteiger partial charge is 0.353 e. The van der Waals surface area contributed by atoms with Gasteiger partial charge in [0.25, 0.3) is 5.91 Å². The monoisotopic (exact) mass is 419 g/mol. The summed E-state index contributed by atoms with van der Waals surface area (Å²) in [5.41, 5.74) is 3.70. The predicted molar refractivity (Wildman–Crippen MR) is 131 cm³/mol. The van der Waals surface area contributed by atoms with E-state index in [0.29, 0.717) is 13.1 Å². The van der Waals surface area contributed by atoms with Crippen molar-refractivity contribution >= 4 is 34.3 Å². The lowest BCUT2D eigenvalue weighted by molar-refractivity contribution is -0.125. The molecular weight excluding hydrogens is 394 g/mol. The van der Waals surface area contributed by atoms with Gasteiger partial charge in [-0.3, -0.25) is 4.79 Å². The lowest BCUT2D eigenvalue weighted by atomic mass is 10.0.